The summed E-state index contributed by atoms with van der Waals surface area (Å²) in [5.74, 6) is -0.272. The molecule has 0 atom stereocenters. The third-order valence-electron chi connectivity index (χ3n) is 2.39. The van der Waals surface area contributed by atoms with E-state index in [2.05, 4.69) is 9.97 Å². The minimum atomic E-state index is -0.272. The van der Waals surface area contributed by atoms with Gasteiger partial charge in [0.2, 0.25) is 0 Å². The van der Waals surface area contributed by atoms with E-state index in [0.29, 0.717) is 0 Å². The maximum atomic E-state index is 13.0. The molecule has 3 nitrogen and oxygen atoms in total. The molecule has 3 aromatic heterocycles. The van der Waals surface area contributed by atoms with Gasteiger partial charge in [0, 0.05) is 30.4 Å². The van der Waals surface area contributed by atoms with Crippen LogP contribution in [0.15, 0.2) is 49.1 Å². The van der Waals surface area contributed by atoms with Crippen molar-refractivity contribution in [2.45, 2.75) is 0 Å². The standard InChI is InChI=1S/C12H8FN3/c13-10-1-2-12-15-11(8-16(12)7-10)9-3-5-14-6-4-9/h1-8H. The highest BCUT2D eigenvalue weighted by atomic mass is 19.1. The van der Waals surface area contributed by atoms with E-state index in [1.54, 1.807) is 29.1 Å². The van der Waals surface area contributed by atoms with Gasteiger partial charge in [0.25, 0.3) is 0 Å². The van der Waals surface area contributed by atoms with Gasteiger partial charge in [0.1, 0.15) is 11.5 Å². The minimum Gasteiger partial charge on any atom is -0.304 e. The van der Waals surface area contributed by atoms with Gasteiger partial charge in [0.15, 0.2) is 0 Å². The lowest BCUT2D eigenvalue weighted by Crippen LogP contribution is -1.83. The molecule has 0 bridgehead atoms. The SMILES string of the molecule is Fc1ccc2nc(-c3ccncc3)cn2c1. The first-order valence-corrected chi connectivity index (χ1v) is 4.87. The topological polar surface area (TPSA) is 30.2 Å². The zero-order valence-corrected chi connectivity index (χ0v) is 8.34. The Morgan fingerprint density at radius 2 is 1.81 bits per heavy atom. The van der Waals surface area contributed by atoms with Crippen LogP contribution < -0.4 is 0 Å². The maximum absolute atomic E-state index is 13.0. The molecule has 0 amide bonds. The van der Waals surface area contributed by atoms with Crippen molar-refractivity contribution in [3.05, 3.63) is 54.9 Å². The third kappa shape index (κ3) is 1.44. The highest BCUT2D eigenvalue weighted by molar-refractivity contribution is 5.61. The highest BCUT2D eigenvalue weighted by Crippen LogP contribution is 2.18. The molecule has 0 aliphatic rings. The molecule has 3 heterocycles. The molecular formula is C12H8FN3. The van der Waals surface area contributed by atoms with Crippen molar-refractivity contribution in [2.75, 3.05) is 0 Å². The Morgan fingerprint density at radius 3 is 2.62 bits per heavy atom. The monoisotopic (exact) mass is 213 g/mol. The summed E-state index contributed by atoms with van der Waals surface area (Å²) in [7, 11) is 0. The van der Waals surface area contributed by atoms with Crippen LogP contribution >= 0.6 is 0 Å². The Bertz CT molecular complexity index is 631. The van der Waals surface area contributed by atoms with Crippen molar-refractivity contribution < 1.29 is 4.39 Å². The molecule has 16 heavy (non-hydrogen) atoms. The van der Waals surface area contributed by atoms with Crippen LogP contribution in [0.4, 0.5) is 4.39 Å². The van der Waals surface area contributed by atoms with E-state index in [1.807, 2.05) is 12.1 Å². The summed E-state index contributed by atoms with van der Waals surface area (Å²) in [6.07, 6.45) is 6.63. The first-order valence-electron chi connectivity index (χ1n) is 4.87. The minimum absolute atomic E-state index is 0.272. The van der Waals surface area contributed by atoms with Crippen LogP contribution in [-0.4, -0.2) is 14.4 Å². The largest absolute Gasteiger partial charge is 0.304 e. The van der Waals surface area contributed by atoms with Gasteiger partial charge in [-0.3, -0.25) is 4.98 Å². The van der Waals surface area contributed by atoms with Gasteiger partial charge in [-0.05, 0) is 24.3 Å². The summed E-state index contributed by atoms with van der Waals surface area (Å²) in [6, 6.07) is 6.80. The summed E-state index contributed by atoms with van der Waals surface area (Å²) >= 11 is 0. The fourth-order valence-corrected chi connectivity index (χ4v) is 1.63. The lowest BCUT2D eigenvalue weighted by atomic mass is 10.2. The molecule has 0 saturated carbocycles. The second kappa shape index (κ2) is 3.41. The van der Waals surface area contributed by atoms with Crippen LogP contribution in [0.1, 0.15) is 0 Å². The Labute approximate surface area is 91.2 Å². The molecule has 0 N–H and O–H groups in total. The van der Waals surface area contributed by atoms with Crippen LogP contribution in [0.2, 0.25) is 0 Å². The van der Waals surface area contributed by atoms with E-state index in [4.69, 9.17) is 0 Å². The van der Waals surface area contributed by atoms with Crippen LogP contribution in [0.5, 0.6) is 0 Å². The normalized spacial score (nSPS) is 10.8. The number of aromatic nitrogens is 3. The second-order valence-electron chi connectivity index (χ2n) is 3.47. The highest BCUT2D eigenvalue weighted by Gasteiger charge is 2.03. The molecule has 3 aromatic rings. The second-order valence-corrected chi connectivity index (χ2v) is 3.47. The molecule has 0 aromatic carbocycles. The smallest absolute Gasteiger partial charge is 0.139 e. The van der Waals surface area contributed by atoms with E-state index >= 15 is 0 Å². The van der Waals surface area contributed by atoms with Crippen molar-refractivity contribution in [1.82, 2.24) is 14.4 Å². The summed E-state index contributed by atoms with van der Waals surface area (Å²) in [4.78, 5) is 8.34. The molecule has 0 saturated heterocycles. The Balaban J connectivity index is 2.19. The number of hydrogen-bond donors (Lipinski definition) is 0. The van der Waals surface area contributed by atoms with Gasteiger partial charge < -0.3 is 4.40 Å². The molecule has 0 radical (unpaired) electrons. The Kier molecular flexibility index (Phi) is 1.93. The van der Waals surface area contributed by atoms with Crippen molar-refractivity contribution in [3.63, 3.8) is 0 Å². The number of fused-ring (bicyclic) bond motifs is 1. The first kappa shape index (κ1) is 9.03. The number of hydrogen-bond acceptors (Lipinski definition) is 2. The fraction of sp³-hybridized carbons (Fsp3) is 0. The predicted molar refractivity (Wildman–Crippen MR) is 58.4 cm³/mol. The zero-order valence-electron chi connectivity index (χ0n) is 8.34. The lowest BCUT2D eigenvalue weighted by molar-refractivity contribution is 0.619. The summed E-state index contributed by atoms with van der Waals surface area (Å²) < 4.78 is 14.7. The number of pyridine rings is 2. The fourth-order valence-electron chi connectivity index (χ4n) is 1.63. The lowest BCUT2D eigenvalue weighted by Gasteiger charge is -1.92. The third-order valence-corrected chi connectivity index (χ3v) is 2.39. The van der Waals surface area contributed by atoms with Gasteiger partial charge in [-0.2, -0.15) is 0 Å². The van der Waals surface area contributed by atoms with E-state index in [1.165, 1.54) is 12.3 Å². The van der Waals surface area contributed by atoms with Crippen molar-refractivity contribution in [2.24, 2.45) is 0 Å². The Hall–Kier alpha value is -2.23. The van der Waals surface area contributed by atoms with Gasteiger partial charge >= 0.3 is 0 Å². The number of nitrogens with zero attached hydrogens (tertiary/aromatic N) is 3. The molecule has 0 aliphatic carbocycles. The zero-order chi connectivity index (χ0) is 11.0. The molecule has 4 heteroatoms. The van der Waals surface area contributed by atoms with Gasteiger partial charge in [0.05, 0.1) is 5.69 Å². The van der Waals surface area contributed by atoms with Crippen molar-refractivity contribution >= 4 is 5.65 Å². The molecule has 0 unspecified atom stereocenters. The average molecular weight is 213 g/mol. The maximum Gasteiger partial charge on any atom is 0.139 e. The van der Waals surface area contributed by atoms with Crippen molar-refractivity contribution in [1.29, 1.82) is 0 Å². The van der Waals surface area contributed by atoms with E-state index in [0.717, 1.165) is 16.9 Å². The molecular weight excluding hydrogens is 205 g/mol. The van der Waals surface area contributed by atoms with Crippen molar-refractivity contribution in [3.8, 4) is 11.3 Å². The number of imidazole rings is 1. The molecule has 0 fully saturated rings. The van der Waals surface area contributed by atoms with Crippen LogP contribution in [0.3, 0.4) is 0 Å². The number of halogens is 1. The van der Waals surface area contributed by atoms with E-state index in [-0.39, 0.29) is 5.82 Å². The number of rotatable bonds is 1. The van der Waals surface area contributed by atoms with Gasteiger partial charge in [-0.15, -0.1) is 0 Å². The molecule has 0 spiro atoms. The quantitative estimate of drug-likeness (QED) is 0.621. The van der Waals surface area contributed by atoms with Crippen LogP contribution in [-0.2, 0) is 0 Å². The van der Waals surface area contributed by atoms with E-state index < -0.39 is 0 Å². The molecule has 0 aliphatic heterocycles. The van der Waals surface area contributed by atoms with Gasteiger partial charge in [-0.1, -0.05) is 0 Å². The molecule has 78 valence electrons. The van der Waals surface area contributed by atoms with Crippen LogP contribution in [0.25, 0.3) is 16.9 Å². The van der Waals surface area contributed by atoms with E-state index in [9.17, 15) is 4.39 Å². The Morgan fingerprint density at radius 1 is 1.00 bits per heavy atom. The van der Waals surface area contributed by atoms with Crippen LogP contribution in [0, 0.1) is 5.82 Å². The summed E-state index contributed by atoms with van der Waals surface area (Å²) in [5, 5.41) is 0. The summed E-state index contributed by atoms with van der Waals surface area (Å²) in [6.45, 7) is 0. The first-order chi connectivity index (χ1) is 7.83. The molecule has 3 rings (SSSR count). The predicted octanol–water partition coefficient (Wildman–Crippen LogP) is 2.54. The summed E-state index contributed by atoms with van der Waals surface area (Å²) in [5.41, 5.74) is 2.51. The average Bonchev–Trinajstić information content (AvgIpc) is 2.73. The van der Waals surface area contributed by atoms with Gasteiger partial charge in [-0.25, -0.2) is 9.37 Å².